The zero-order valence-electron chi connectivity index (χ0n) is 16.3. The minimum atomic E-state index is 0.565. The fourth-order valence-electron chi connectivity index (χ4n) is 4.17. The maximum Gasteiger partial charge on any atom is 0.0574 e. The molecule has 1 nitrogen and oxygen atoms in total. The summed E-state index contributed by atoms with van der Waals surface area (Å²) >= 11 is 0. The van der Waals surface area contributed by atoms with Gasteiger partial charge in [0, 0.05) is 7.11 Å². The van der Waals surface area contributed by atoms with E-state index in [0.717, 1.165) is 5.92 Å². The van der Waals surface area contributed by atoms with Crippen LogP contribution in [0.3, 0.4) is 0 Å². The van der Waals surface area contributed by atoms with Crippen molar-refractivity contribution in [1.82, 2.24) is 0 Å². The number of rotatable bonds is 15. The Morgan fingerprint density at radius 2 is 1.22 bits per heavy atom. The smallest absolute Gasteiger partial charge is 0.0574 e. The molecule has 1 fully saturated rings. The second kappa shape index (κ2) is 15.5. The Morgan fingerprint density at radius 1 is 0.696 bits per heavy atom. The van der Waals surface area contributed by atoms with Crippen molar-refractivity contribution in [3.63, 3.8) is 0 Å². The molecule has 23 heavy (non-hydrogen) atoms. The Kier molecular flexibility index (Phi) is 14.1. The molecular weight excluding hydrogens is 280 g/mol. The van der Waals surface area contributed by atoms with E-state index in [4.69, 9.17) is 4.74 Å². The molecule has 0 saturated heterocycles. The minimum Gasteiger partial charge on any atom is -0.381 e. The Balaban J connectivity index is 1.76. The van der Waals surface area contributed by atoms with Gasteiger partial charge < -0.3 is 4.74 Å². The van der Waals surface area contributed by atoms with Crippen LogP contribution in [0.1, 0.15) is 122 Å². The molecule has 0 spiro atoms. The van der Waals surface area contributed by atoms with E-state index in [1.807, 2.05) is 7.11 Å². The number of hydrogen-bond acceptors (Lipinski definition) is 1. The highest BCUT2D eigenvalue weighted by Crippen LogP contribution is 2.29. The van der Waals surface area contributed by atoms with Gasteiger partial charge in [-0.2, -0.15) is 0 Å². The molecule has 0 aromatic heterocycles. The summed E-state index contributed by atoms with van der Waals surface area (Å²) in [5.74, 6) is 0.960. The average molecular weight is 325 g/mol. The Labute approximate surface area is 147 Å². The highest BCUT2D eigenvalue weighted by molar-refractivity contribution is 4.73. The molecule has 0 aromatic carbocycles. The van der Waals surface area contributed by atoms with Crippen LogP contribution in [-0.2, 0) is 4.74 Å². The molecule has 1 aliphatic carbocycles. The van der Waals surface area contributed by atoms with Crippen LogP contribution in [0.5, 0.6) is 0 Å². The maximum absolute atomic E-state index is 5.54. The van der Waals surface area contributed by atoms with Crippen LogP contribution in [-0.4, -0.2) is 13.2 Å². The molecule has 0 bridgehead atoms. The van der Waals surface area contributed by atoms with Crippen LogP contribution < -0.4 is 0 Å². The van der Waals surface area contributed by atoms with Crippen LogP contribution in [0.25, 0.3) is 0 Å². The zero-order valence-corrected chi connectivity index (χ0v) is 16.3. The normalized spacial score (nSPS) is 21.7. The summed E-state index contributed by atoms with van der Waals surface area (Å²) in [5, 5.41) is 0. The number of hydrogen-bond donors (Lipinski definition) is 0. The van der Waals surface area contributed by atoms with Gasteiger partial charge in [-0.3, -0.25) is 0 Å². The van der Waals surface area contributed by atoms with E-state index in [0.29, 0.717) is 6.10 Å². The van der Waals surface area contributed by atoms with Crippen LogP contribution in [0.15, 0.2) is 0 Å². The van der Waals surface area contributed by atoms with Gasteiger partial charge in [0.05, 0.1) is 6.10 Å². The zero-order chi connectivity index (χ0) is 16.6. The van der Waals surface area contributed by atoms with E-state index in [1.54, 1.807) is 0 Å². The van der Waals surface area contributed by atoms with Crippen molar-refractivity contribution < 1.29 is 4.74 Å². The van der Waals surface area contributed by atoms with Gasteiger partial charge in [0.2, 0.25) is 0 Å². The van der Waals surface area contributed by atoms with Crippen molar-refractivity contribution in [2.75, 3.05) is 7.11 Å². The first-order valence-corrected chi connectivity index (χ1v) is 10.9. The number of methoxy groups -OCH3 is 1. The van der Waals surface area contributed by atoms with E-state index in [9.17, 15) is 0 Å². The maximum atomic E-state index is 5.54. The third-order valence-corrected chi connectivity index (χ3v) is 5.78. The van der Waals surface area contributed by atoms with Gasteiger partial charge in [0.15, 0.2) is 0 Å². The highest BCUT2D eigenvalue weighted by Gasteiger charge is 2.20. The van der Waals surface area contributed by atoms with Crippen LogP contribution >= 0.6 is 0 Å². The molecule has 0 N–H and O–H groups in total. The fourth-order valence-corrected chi connectivity index (χ4v) is 4.17. The molecule has 0 aromatic rings. The summed E-state index contributed by atoms with van der Waals surface area (Å²) in [6.07, 6.45) is 26.5. The standard InChI is InChI=1S/C22H44O/c1-3-4-5-6-7-8-9-10-11-12-13-14-15-17-21-18-16-19-22(20-21)23-2/h21-22H,3-20H2,1-2H3. The summed E-state index contributed by atoms with van der Waals surface area (Å²) in [5.41, 5.74) is 0. The van der Waals surface area contributed by atoms with Crippen molar-refractivity contribution in [3.8, 4) is 0 Å². The van der Waals surface area contributed by atoms with Gasteiger partial charge in [-0.15, -0.1) is 0 Å². The molecule has 2 atom stereocenters. The summed E-state index contributed by atoms with van der Waals surface area (Å²) in [6.45, 7) is 2.30. The van der Waals surface area contributed by atoms with Crippen molar-refractivity contribution in [1.29, 1.82) is 0 Å². The Hall–Kier alpha value is -0.0400. The second-order valence-corrected chi connectivity index (χ2v) is 7.92. The van der Waals surface area contributed by atoms with E-state index >= 15 is 0 Å². The third kappa shape index (κ3) is 12.0. The monoisotopic (exact) mass is 324 g/mol. The molecule has 0 aliphatic heterocycles. The molecule has 0 amide bonds. The predicted molar refractivity (Wildman–Crippen MR) is 103 cm³/mol. The largest absolute Gasteiger partial charge is 0.381 e. The SMILES string of the molecule is CCCCCCCCCCCCCCCC1CCCC(OC)C1. The lowest BCUT2D eigenvalue weighted by Crippen LogP contribution is -2.21. The fraction of sp³-hybridized carbons (Fsp3) is 1.00. The van der Waals surface area contributed by atoms with Crippen LogP contribution in [0.2, 0.25) is 0 Å². The summed E-state index contributed by atoms with van der Waals surface area (Å²) < 4.78 is 5.54. The first-order chi connectivity index (χ1) is 11.4. The summed E-state index contributed by atoms with van der Waals surface area (Å²) in [6, 6.07) is 0. The van der Waals surface area contributed by atoms with Gasteiger partial charge in [0.1, 0.15) is 0 Å². The third-order valence-electron chi connectivity index (χ3n) is 5.78. The molecule has 1 heteroatoms. The predicted octanol–water partition coefficient (Wildman–Crippen LogP) is 7.67. The molecule has 2 unspecified atom stereocenters. The Bertz CT molecular complexity index is 238. The minimum absolute atomic E-state index is 0.565. The van der Waals surface area contributed by atoms with E-state index in [1.165, 1.54) is 116 Å². The lowest BCUT2D eigenvalue weighted by molar-refractivity contribution is 0.0485. The first kappa shape index (κ1) is 21.0. The molecule has 0 heterocycles. The molecule has 1 rings (SSSR count). The van der Waals surface area contributed by atoms with E-state index in [-0.39, 0.29) is 0 Å². The van der Waals surface area contributed by atoms with Crippen molar-refractivity contribution >= 4 is 0 Å². The van der Waals surface area contributed by atoms with Crippen LogP contribution in [0.4, 0.5) is 0 Å². The van der Waals surface area contributed by atoms with Gasteiger partial charge >= 0.3 is 0 Å². The van der Waals surface area contributed by atoms with Gasteiger partial charge in [-0.25, -0.2) is 0 Å². The number of unbranched alkanes of at least 4 members (excludes halogenated alkanes) is 12. The lowest BCUT2D eigenvalue weighted by atomic mass is 9.84. The molecule has 1 saturated carbocycles. The molecule has 1 aliphatic rings. The van der Waals surface area contributed by atoms with Crippen LogP contribution in [0, 0.1) is 5.92 Å². The molecular formula is C22H44O. The van der Waals surface area contributed by atoms with Crippen molar-refractivity contribution in [2.45, 2.75) is 129 Å². The van der Waals surface area contributed by atoms with Gasteiger partial charge in [-0.05, 0) is 18.8 Å². The molecule has 138 valence electrons. The first-order valence-electron chi connectivity index (χ1n) is 10.9. The van der Waals surface area contributed by atoms with E-state index < -0.39 is 0 Å². The second-order valence-electron chi connectivity index (χ2n) is 7.92. The summed E-state index contributed by atoms with van der Waals surface area (Å²) in [7, 11) is 1.89. The quantitative estimate of drug-likeness (QED) is 0.281. The van der Waals surface area contributed by atoms with Gasteiger partial charge in [-0.1, -0.05) is 110 Å². The topological polar surface area (TPSA) is 9.23 Å². The highest BCUT2D eigenvalue weighted by atomic mass is 16.5. The number of ether oxygens (including phenoxy) is 1. The lowest BCUT2D eigenvalue weighted by Gasteiger charge is -2.28. The molecule has 0 radical (unpaired) electrons. The van der Waals surface area contributed by atoms with Crippen molar-refractivity contribution in [3.05, 3.63) is 0 Å². The van der Waals surface area contributed by atoms with E-state index in [2.05, 4.69) is 6.92 Å². The van der Waals surface area contributed by atoms with Gasteiger partial charge in [0.25, 0.3) is 0 Å². The Morgan fingerprint density at radius 3 is 1.74 bits per heavy atom. The summed E-state index contributed by atoms with van der Waals surface area (Å²) in [4.78, 5) is 0. The van der Waals surface area contributed by atoms with Crippen molar-refractivity contribution in [2.24, 2.45) is 5.92 Å². The average Bonchev–Trinajstić information content (AvgIpc) is 2.59.